The second-order valence-corrected chi connectivity index (χ2v) is 9.84. The lowest BCUT2D eigenvalue weighted by Crippen LogP contribution is -2.41. The molecule has 0 aliphatic carbocycles. The Morgan fingerprint density at radius 1 is 0.906 bits per heavy atom. The van der Waals surface area contributed by atoms with E-state index in [4.69, 9.17) is 23.7 Å². The summed E-state index contributed by atoms with van der Waals surface area (Å²) in [4.78, 5) is 11.6. The third-order valence-electron chi connectivity index (χ3n) is 6.04. The molecule has 184 valence electrons. The Bertz CT molecular complexity index is 613. The third-order valence-corrected chi connectivity index (χ3v) is 6.04. The van der Waals surface area contributed by atoms with Gasteiger partial charge >= 0.3 is 5.97 Å². The second-order valence-electron chi connectivity index (χ2n) is 9.84. The molecule has 2 fully saturated rings. The summed E-state index contributed by atoms with van der Waals surface area (Å²) in [5.41, 5.74) is 0. The average Bonchev–Trinajstić information content (AvgIpc) is 3.21. The first-order valence-electron chi connectivity index (χ1n) is 12.3. The summed E-state index contributed by atoms with van der Waals surface area (Å²) in [5.74, 6) is -1.65. The molecule has 32 heavy (non-hydrogen) atoms. The quantitative estimate of drug-likeness (QED) is 0.143. The fraction of sp³-hybridized carbons (Fsp3) is 0.808. The number of rotatable bonds is 14. The standard InChI is InChI=1S/C26H44O6/c1-8-11-13-16-19(28-22(27)10-3)17-14-12-15-18-21-24(32-26(6,7)30-21)23-20(9-2)29-25(4,5)31-23/h9-10,19-21,23-24H,2-3,8,11-18H2,1,4-7H3/t19-,20-,21-,23-,24+/m1/s1. The van der Waals surface area contributed by atoms with Gasteiger partial charge in [-0.3, -0.25) is 0 Å². The Balaban J connectivity index is 1.83. The van der Waals surface area contributed by atoms with Gasteiger partial charge in [0.05, 0.1) is 6.10 Å². The van der Waals surface area contributed by atoms with E-state index < -0.39 is 11.6 Å². The van der Waals surface area contributed by atoms with E-state index in [1.165, 1.54) is 6.08 Å². The summed E-state index contributed by atoms with van der Waals surface area (Å²) in [6.07, 6.45) is 11.4. The monoisotopic (exact) mass is 452 g/mol. The highest BCUT2D eigenvalue weighted by Crippen LogP contribution is 2.40. The first-order chi connectivity index (χ1) is 15.1. The van der Waals surface area contributed by atoms with Crippen molar-refractivity contribution in [2.75, 3.05) is 0 Å². The molecule has 0 saturated carbocycles. The largest absolute Gasteiger partial charge is 0.459 e. The first kappa shape index (κ1) is 27.0. The lowest BCUT2D eigenvalue weighted by Gasteiger charge is -2.25. The highest BCUT2D eigenvalue weighted by atomic mass is 16.8. The molecule has 0 unspecified atom stereocenters. The van der Waals surface area contributed by atoms with Gasteiger partial charge in [-0.05, 0) is 59.8 Å². The molecule has 2 heterocycles. The number of carbonyl (C=O) groups excluding carboxylic acids is 1. The zero-order chi connectivity index (χ0) is 23.8. The summed E-state index contributed by atoms with van der Waals surface area (Å²) in [5, 5.41) is 0. The minimum absolute atomic E-state index is 0.0237. The van der Waals surface area contributed by atoms with Crippen LogP contribution < -0.4 is 0 Å². The number of hydrogen-bond acceptors (Lipinski definition) is 6. The highest BCUT2D eigenvalue weighted by Gasteiger charge is 2.52. The molecule has 2 rings (SSSR count). The van der Waals surface area contributed by atoms with Crippen LogP contribution >= 0.6 is 0 Å². The van der Waals surface area contributed by atoms with Gasteiger partial charge in [-0.2, -0.15) is 0 Å². The smallest absolute Gasteiger partial charge is 0.330 e. The van der Waals surface area contributed by atoms with Crippen molar-refractivity contribution in [2.45, 2.75) is 135 Å². The van der Waals surface area contributed by atoms with Crippen LogP contribution in [0.1, 0.15) is 92.4 Å². The third kappa shape index (κ3) is 8.29. The molecule has 0 aromatic rings. The van der Waals surface area contributed by atoms with Gasteiger partial charge < -0.3 is 23.7 Å². The van der Waals surface area contributed by atoms with E-state index in [9.17, 15) is 4.79 Å². The van der Waals surface area contributed by atoms with Gasteiger partial charge in [-0.15, -0.1) is 6.58 Å². The van der Waals surface area contributed by atoms with E-state index in [0.717, 1.165) is 57.8 Å². The van der Waals surface area contributed by atoms with Gasteiger partial charge in [0.2, 0.25) is 0 Å². The summed E-state index contributed by atoms with van der Waals surface area (Å²) in [7, 11) is 0. The Morgan fingerprint density at radius 3 is 2.16 bits per heavy atom. The normalized spacial score (nSPS) is 29.5. The minimum atomic E-state index is -0.667. The molecular formula is C26H44O6. The zero-order valence-electron chi connectivity index (χ0n) is 20.8. The molecule has 0 N–H and O–H groups in total. The van der Waals surface area contributed by atoms with E-state index in [-0.39, 0.29) is 36.5 Å². The molecule has 6 heteroatoms. The van der Waals surface area contributed by atoms with Crippen molar-refractivity contribution in [3.05, 3.63) is 25.3 Å². The van der Waals surface area contributed by atoms with E-state index in [1.807, 2.05) is 27.7 Å². The highest BCUT2D eigenvalue weighted by molar-refractivity contribution is 5.81. The van der Waals surface area contributed by atoms with Gasteiger partial charge in [-0.1, -0.05) is 45.3 Å². The molecule has 0 radical (unpaired) electrons. The van der Waals surface area contributed by atoms with E-state index in [1.54, 1.807) is 6.08 Å². The number of carbonyl (C=O) groups is 1. The number of ether oxygens (including phenoxy) is 5. The van der Waals surface area contributed by atoms with Gasteiger partial charge in [0.25, 0.3) is 0 Å². The van der Waals surface area contributed by atoms with Crippen LogP contribution in [0.15, 0.2) is 25.3 Å². The van der Waals surface area contributed by atoms with Crippen molar-refractivity contribution in [3.8, 4) is 0 Å². The molecule has 5 atom stereocenters. The lowest BCUT2D eigenvalue weighted by molar-refractivity contribution is -0.175. The number of hydrogen-bond donors (Lipinski definition) is 0. The van der Waals surface area contributed by atoms with Gasteiger partial charge in [-0.25, -0.2) is 4.79 Å². The Hall–Kier alpha value is -1.21. The van der Waals surface area contributed by atoms with Crippen molar-refractivity contribution in [2.24, 2.45) is 0 Å². The molecule has 0 aromatic heterocycles. The van der Waals surface area contributed by atoms with Gasteiger partial charge in [0.15, 0.2) is 11.6 Å². The summed E-state index contributed by atoms with van der Waals surface area (Å²) in [6.45, 7) is 17.3. The molecule has 0 bridgehead atoms. The van der Waals surface area contributed by atoms with E-state index in [0.29, 0.717) is 0 Å². The maximum atomic E-state index is 11.6. The van der Waals surface area contributed by atoms with Crippen LogP contribution in [0.5, 0.6) is 0 Å². The number of unbranched alkanes of at least 4 members (excludes halogenated alkanes) is 4. The number of esters is 1. The second kappa shape index (κ2) is 12.3. The summed E-state index contributed by atoms with van der Waals surface area (Å²) in [6, 6.07) is 0. The van der Waals surface area contributed by atoms with Crippen LogP contribution in [0.2, 0.25) is 0 Å². The van der Waals surface area contributed by atoms with Crippen LogP contribution in [-0.4, -0.2) is 48.1 Å². The Kier molecular flexibility index (Phi) is 10.4. The molecule has 2 saturated heterocycles. The molecule has 0 aromatic carbocycles. The van der Waals surface area contributed by atoms with Crippen molar-refractivity contribution in [3.63, 3.8) is 0 Å². The van der Waals surface area contributed by atoms with E-state index >= 15 is 0 Å². The van der Waals surface area contributed by atoms with Crippen molar-refractivity contribution in [1.29, 1.82) is 0 Å². The van der Waals surface area contributed by atoms with Gasteiger partial charge in [0, 0.05) is 6.08 Å². The minimum Gasteiger partial charge on any atom is -0.459 e. The maximum Gasteiger partial charge on any atom is 0.330 e. The van der Waals surface area contributed by atoms with Crippen LogP contribution in [0, 0.1) is 0 Å². The van der Waals surface area contributed by atoms with Crippen molar-refractivity contribution in [1.82, 2.24) is 0 Å². The van der Waals surface area contributed by atoms with Gasteiger partial charge in [0.1, 0.15) is 24.4 Å². The van der Waals surface area contributed by atoms with Crippen molar-refractivity contribution >= 4 is 5.97 Å². The molecule has 0 amide bonds. The first-order valence-corrected chi connectivity index (χ1v) is 12.3. The molecule has 0 spiro atoms. The molecular weight excluding hydrogens is 408 g/mol. The Labute approximate surface area is 194 Å². The topological polar surface area (TPSA) is 63.2 Å². The van der Waals surface area contributed by atoms with Crippen LogP contribution in [0.3, 0.4) is 0 Å². The fourth-order valence-corrected chi connectivity index (χ4v) is 4.61. The predicted molar refractivity (Wildman–Crippen MR) is 125 cm³/mol. The summed E-state index contributed by atoms with van der Waals surface area (Å²) < 4.78 is 30.1. The van der Waals surface area contributed by atoms with Crippen LogP contribution in [-0.2, 0) is 28.5 Å². The van der Waals surface area contributed by atoms with Crippen LogP contribution in [0.4, 0.5) is 0 Å². The van der Waals surface area contributed by atoms with E-state index in [2.05, 4.69) is 20.1 Å². The summed E-state index contributed by atoms with van der Waals surface area (Å²) >= 11 is 0. The molecule has 2 aliphatic rings. The maximum absolute atomic E-state index is 11.6. The SMILES string of the molecule is C=CC(=O)O[C@H](CCCCC)CCCCC[C@H]1OC(C)(C)O[C@@H]1[C@@H]1OC(C)(C)O[C@@H]1C=C. The van der Waals surface area contributed by atoms with Crippen molar-refractivity contribution < 1.29 is 28.5 Å². The predicted octanol–water partition coefficient (Wildman–Crippen LogP) is 5.84. The fourth-order valence-electron chi connectivity index (χ4n) is 4.61. The zero-order valence-corrected chi connectivity index (χ0v) is 20.8. The lowest BCUT2D eigenvalue weighted by atomic mass is 9.97. The van der Waals surface area contributed by atoms with Crippen LogP contribution in [0.25, 0.3) is 0 Å². The molecule has 2 aliphatic heterocycles. The Morgan fingerprint density at radius 2 is 1.53 bits per heavy atom. The molecule has 6 nitrogen and oxygen atoms in total. The average molecular weight is 453 g/mol.